The van der Waals surface area contributed by atoms with E-state index in [4.69, 9.17) is 16.3 Å². The zero-order chi connectivity index (χ0) is 11.0. The maximum Gasteiger partial charge on any atom is 0.414 e. The van der Waals surface area contributed by atoms with Gasteiger partial charge in [0.25, 0.3) is 0 Å². The number of amides is 1. The molecule has 80 valence electrons. The SMILES string of the molecule is COC(=O)N1CCc2c1ccc(Cl)c2C. The summed E-state index contributed by atoms with van der Waals surface area (Å²) in [5.74, 6) is 0. The first-order chi connectivity index (χ1) is 7.15. The molecule has 1 heterocycles. The number of rotatable bonds is 0. The molecule has 1 amide bonds. The third kappa shape index (κ3) is 1.57. The molecular formula is C11H12ClNO2. The molecule has 1 aliphatic heterocycles. The average Bonchev–Trinajstić information content (AvgIpc) is 2.66. The van der Waals surface area contributed by atoms with Gasteiger partial charge in [-0.05, 0) is 36.6 Å². The Kier molecular flexibility index (Phi) is 2.57. The fourth-order valence-corrected chi connectivity index (χ4v) is 2.10. The second-order valence-corrected chi connectivity index (χ2v) is 3.95. The van der Waals surface area contributed by atoms with Gasteiger partial charge in [0.1, 0.15) is 0 Å². The summed E-state index contributed by atoms with van der Waals surface area (Å²) in [6, 6.07) is 3.69. The largest absolute Gasteiger partial charge is 0.452 e. The molecule has 0 fully saturated rings. The maximum atomic E-state index is 11.4. The Bertz CT molecular complexity index is 417. The fourth-order valence-electron chi connectivity index (χ4n) is 1.93. The molecule has 15 heavy (non-hydrogen) atoms. The number of ether oxygens (including phenoxy) is 1. The van der Waals surface area contributed by atoms with Gasteiger partial charge < -0.3 is 4.74 Å². The topological polar surface area (TPSA) is 29.5 Å². The van der Waals surface area contributed by atoms with Crippen LogP contribution in [-0.4, -0.2) is 19.7 Å². The van der Waals surface area contributed by atoms with Gasteiger partial charge in [-0.25, -0.2) is 4.79 Å². The van der Waals surface area contributed by atoms with Gasteiger partial charge in [-0.3, -0.25) is 4.90 Å². The molecule has 3 nitrogen and oxygen atoms in total. The third-order valence-corrected chi connectivity index (χ3v) is 3.19. The van der Waals surface area contributed by atoms with E-state index in [0.717, 1.165) is 28.3 Å². The van der Waals surface area contributed by atoms with Crippen molar-refractivity contribution in [2.75, 3.05) is 18.6 Å². The van der Waals surface area contributed by atoms with E-state index in [0.29, 0.717) is 6.54 Å². The number of carbonyl (C=O) groups excluding carboxylic acids is 1. The standard InChI is InChI=1S/C11H12ClNO2/c1-7-8-5-6-13(11(14)15-2)10(8)4-3-9(7)12/h3-4H,5-6H2,1-2H3. The molecule has 0 spiro atoms. The van der Waals surface area contributed by atoms with Gasteiger partial charge in [-0.1, -0.05) is 11.6 Å². The predicted molar refractivity (Wildman–Crippen MR) is 59.6 cm³/mol. The highest BCUT2D eigenvalue weighted by molar-refractivity contribution is 6.31. The highest BCUT2D eigenvalue weighted by Gasteiger charge is 2.26. The molecule has 0 saturated carbocycles. The van der Waals surface area contributed by atoms with E-state index in [2.05, 4.69) is 0 Å². The van der Waals surface area contributed by atoms with E-state index in [9.17, 15) is 4.79 Å². The Morgan fingerprint density at radius 1 is 1.53 bits per heavy atom. The molecule has 0 radical (unpaired) electrons. The van der Waals surface area contributed by atoms with E-state index in [1.807, 2.05) is 19.1 Å². The summed E-state index contributed by atoms with van der Waals surface area (Å²) in [6.45, 7) is 2.64. The summed E-state index contributed by atoms with van der Waals surface area (Å²) in [6.07, 6.45) is 0.534. The molecule has 0 atom stereocenters. The van der Waals surface area contributed by atoms with Crippen molar-refractivity contribution in [3.05, 3.63) is 28.3 Å². The normalized spacial score (nSPS) is 13.9. The summed E-state index contributed by atoms with van der Waals surface area (Å²) in [4.78, 5) is 13.1. The number of methoxy groups -OCH3 is 1. The van der Waals surface area contributed by atoms with Crippen LogP contribution in [0.15, 0.2) is 12.1 Å². The van der Waals surface area contributed by atoms with Crippen molar-refractivity contribution >= 4 is 23.4 Å². The van der Waals surface area contributed by atoms with Crippen LogP contribution < -0.4 is 4.90 Å². The minimum atomic E-state index is -0.310. The molecule has 4 heteroatoms. The van der Waals surface area contributed by atoms with Crippen LogP contribution in [0.1, 0.15) is 11.1 Å². The van der Waals surface area contributed by atoms with Crippen molar-refractivity contribution in [2.45, 2.75) is 13.3 Å². The van der Waals surface area contributed by atoms with Gasteiger partial charge >= 0.3 is 6.09 Å². The molecule has 1 aliphatic rings. The summed E-state index contributed by atoms with van der Waals surface area (Å²) < 4.78 is 4.72. The van der Waals surface area contributed by atoms with Gasteiger partial charge in [0, 0.05) is 11.6 Å². The Labute approximate surface area is 93.6 Å². The molecule has 0 aromatic heterocycles. The maximum absolute atomic E-state index is 11.4. The first kappa shape index (κ1) is 10.3. The van der Waals surface area contributed by atoms with Crippen LogP contribution in [0.4, 0.5) is 10.5 Å². The Balaban J connectivity index is 2.44. The number of hydrogen-bond donors (Lipinski definition) is 0. The first-order valence-corrected chi connectivity index (χ1v) is 5.16. The number of anilines is 1. The number of carbonyl (C=O) groups is 1. The van der Waals surface area contributed by atoms with Crippen molar-refractivity contribution in [1.82, 2.24) is 0 Å². The second-order valence-electron chi connectivity index (χ2n) is 3.54. The van der Waals surface area contributed by atoms with Crippen LogP contribution in [-0.2, 0) is 11.2 Å². The molecule has 1 aromatic rings. The van der Waals surface area contributed by atoms with Gasteiger partial charge in [-0.2, -0.15) is 0 Å². The van der Waals surface area contributed by atoms with Crippen molar-refractivity contribution in [1.29, 1.82) is 0 Å². The van der Waals surface area contributed by atoms with Crippen LogP contribution in [0.5, 0.6) is 0 Å². The quantitative estimate of drug-likeness (QED) is 0.680. The molecule has 0 aliphatic carbocycles. The number of fused-ring (bicyclic) bond motifs is 1. The van der Waals surface area contributed by atoms with Crippen molar-refractivity contribution in [3.63, 3.8) is 0 Å². The van der Waals surface area contributed by atoms with Crippen LogP contribution in [0.3, 0.4) is 0 Å². The van der Waals surface area contributed by atoms with Gasteiger partial charge in [0.2, 0.25) is 0 Å². The highest BCUT2D eigenvalue weighted by Crippen LogP contribution is 2.34. The van der Waals surface area contributed by atoms with Crippen LogP contribution in [0.25, 0.3) is 0 Å². The minimum absolute atomic E-state index is 0.310. The number of halogens is 1. The zero-order valence-corrected chi connectivity index (χ0v) is 9.47. The van der Waals surface area contributed by atoms with Crippen LogP contribution >= 0.6 is 11.6 Å². The zero-order valence-electron chi connectivity index (χ0n) is 8.71. The summed E-state index contributed by atoms with van der Waals surface area (Å²) in [5.41, 5.74) is 3.12. The monoisotopic (exact) mass is 225 g/mol. The fraction of sp³-hybridized carbons (Fsp3) is 0.364. The second kappa shape index (κ2) is 3.74. The van der Waals surface area contributed by atoms with E-state index in [1.54, 1.807) is 4.90 Å². The van der Waals surface area contributed by atoms with E-state index < -0.39 is 0 Å². The number of benzene rings is 1. The average molecular weight is 226 g/mol. The summed E-state index contributed by atoms with van der Waals surface area (Å²) >= 11 is 6.02. The van der Waals surface area contributed by atoms with Crippen LogP contribution in [0.2, 0.25) is 5.02 Å². The smallest absolute Gasteiger partial charge is 0.414 e. The lowest BCUT2D eigenvalue weighted by atomic mass is 10.1. The molecule has 0 unspecified atom stereocenters. The first-order valence-electron chi connectivity index (χ1n) is 4.78. The van der Waals surface area contributed by atoms with Crippen LogP contribution in [0, 0.1) is 6.92 Å². The molecule has 2 rings (SSSR count). The van der Waals surface area contributed by atoms with Crippen molar-refractivity contribution in [2.24, 2.45) is 0 Å². The lowest BCUT2D eigenvalue weighted by molar-refractivity contribution is 0.179. The summed E-state index contributed by atoms with van der Waals surface area (Å²) in [5, 5.41) is 0.750. The number of hydrogen-bond acceptors (Lipinski definition) is 2. The lowest BCUT2D eigenvalue weighted by Gasteiger charge is -2.15. The van der Waals surface area contributed by atoms with E-state index in [1.165, 1.54) is 7.11 Å². The van der Waals surface area contributed by atoms with Crippen molar-refractivity contribution in [3.8, 4) is 0 Å². The molecule has 0 saturated heterocycles. The highest BCUT2D eigenvalue weighted by atomic mass is 35.5. The Hall–Kier alpha value is -1.22. The molecule has 0 bridgehead atoms. The molecule has 1 aromatic carbocycles. The van der Waals surface area contributed by atoms with E-state index >= 15 is 0 Å². The predicted octanol–water partition coefficient (Wildman–Crippen LogP) is 2.78. The number of nitrogens with zero attached hydrogens (tertiary/aromatic N) is 1. The Morgan fingerprint density at radius 2 is 2.27 bits per heavy atom. The van der Waals surface area contributed by atoms with Crippen molar-refractivity contribution < 1.29 is 9.53 Å². The molecule has 0 N–H and O–H groups in total. The minimum Gasteiger partial charge on any atom is -0.452 e. The van der Waals surface area contributed by atoms with Gasteiger partial charge in [-0.15, -0.1) is 0 Å². The lowest BCUT2D eigenvalue weighted by Crippen LogP contribution is -2.28. The van der Waals surface area contributed by atoms with Gasteiger partial charge in [0.15, 0.2) is 0 Å². The van der Waals surface area contributed by atoms with Gasteiger partial charge in [0.05, 0.1) is 12.8 Å². The van der Waals surface area contributed by atoms with E-state index in [-0.39, 0.29) is 6.09 Å². The summed E-state index contributed by atoms with van der Waals surface area (Å²) in [7, 11) is 1.39. The third-order valence-electron chi connectivity index (χ3n) is 2.78. The molecular weight excluding hydrogens is 214 g/mol. The Morgan fingerprint density at radius 3 is 2.93 bits per heavy atom.